The first-order valence-corrected chi connectivity index (χ1v) is 11.0. The van der Waals surface area contributed by atoms with E-state index in [1.54, 1.807) is 24.3 Å². The number of nitrogens with one attached hydrogen (secondary N) is 1. The molecule has 0 fully saturated rings. The molecule has 162 valence electrons. The average molecular weight is 441 g/mol. The second kappa shape index (κ2) is 10.1. The summed E-state index contributed by atoms with van der Waals surface area (Å²) in [4.78, 5) is 12.3. The van der Waals surface area contributed by atoms with Gasteiger partial charge in [-0.3, -0.25) is 4.79 Å². The fourth-order valence-corrected chi connectivity index (χ4v) is 3.54. The molecule has 0 aliphatic carbocycles. The van der Waals surface area contributed by atoms with E-state index < -0.39 is 10.0 Å². The molecule has 0 radical (unpaired) electrons. The van der Waals surface area contributed by atoms with Crippen LogP contribution >= 0.6 is 0 Å². The Morgan fingerprint density at radius 3 is 2.00 bits per heavy atom. The number of carbonyl (C=O) groups is 1. The van der Waals surface area contributed by atoms with E-state index in [1.807, 2.05) is 30.3 Å². The molecule has 0 heterocycles. The minimum atomic E-state index is -3.51. The Balaban J connectivity index is 1.47. The van der Waals surface area contributed by atoms with Crippen LogP contribution in [0.5, 0.6) is 11.5 Å². The van der Waals surface area contributed by atoms with Gasteiger partial charge in [0.2, 0.25) is 10.0 Å². The van der Waals surface area contributed by atoms with Gasteiger partial charge in [-0.25, -0.2) is 12.7 Å². The lowest BCUT2D eigenvalue weighted by molar-refractivity contribution is -0.118. The highest BCUT2D eigenvalue weighted by atomic mass is 32.2. The highest BCUT2D eigenvalue weighted by molar-refractivity contribution is 7.89. The van der Waals surface area contributed by atoms with Gasteiger partial charge in [-0.15, -0.1) is 0 Å². The molecule has 31 heavy (non-hydrogen) atoms. The van der Waals surface area contributed by atoms with Crippen LogP contribution in [0.1, 0.15) is 5.56 Å². The minimum absolute atomic E-state index is 0.154. The van der Waals surface area contributed by atoms with Crippen molar-refractivity contribution < 1.29 is 22.7 Å². The molecule has 3 rings (SSSR count). The van der Waals surface area contributed by atoms with Gasteiger partial charge >= 0.3 is 0 Å². The van der Waals surface area contributed by atoms with Crippen LogP contribution in [0.15, 0.2) is 83.8 Å². The van der Waals surface area contributed by atoms with Crippen LogP contribution in [0.3, 0.4) is 0 Å². The van der Waals surface area contributed by atoms with Crippen molar-refractivity contribution in [3.05, 3.63) is 84.4 Å². The summed E-state index contributed by atoms with van der Waals surface area (Å²) >= 11 is 0. The largest absolute Gasteiger partial charge is 0.489 e. The topological polar surface area (TPSA) is 84.9 Å². The van der Waals surface area contributed by atoms with E-state index in [0.29, 0.717) is 23.8 Å². The molecule has 3 aromatic rings. The summed E-state index contributed by atoms with van der Waals surface area (Å²) in [6, 6.07) is 22.8. The van der Waals surface area contributed by atoms with Crippen LogP contribution in [-0.2, 0) is 21.4 Å². The van der Waals surface area contributed by atoms with Crippen molar-refractivity contribution in [2.75, 3.05) is 26.0 Å². The Morgan fingerprint density at radius 1 is 0.839 bits per heavy atom. The maximum absolute atomic E-state index is 12.1. The average Bonchev–Trinajstić information content (AvgIpc) is 2.78. The highest BCUT2D eigenvalue weighted by Gasteiger charge is 2.16. The molecular formula is C23H24N2O5S. The molecule has 8 heteroatoms. The summed E-state index contributed by atoms with van der Waals surface area (Å²) in [5, 5.41) is 2.67. The van der Waals surface area contributed by atoms with Gasteiger partial charge in [0.15, 0.2) is 6.61 Å². The maximum atomic E-state index is 12.1. The van der Waals surface area contributed by atoms with E-state index in [9.17, 15) is 13.2 Å². The molecule has 1 N–H and O–H groups in total. The number of anilines is 1. The van der Waals surface area contributed by atoms with E-state index in [2.05, 4.69) is 5.32 Å². The summed E-state index contributed by atoms with van der Waals surface area (Å²) < 4.78 is 36.5. The lowest BCUT2D eigenvalue weighted by Crippen LogP contribution is -2.22. The molecule has 0 aliphatic rings. The van der Waals surface area contributed by atoms with E-state index in [0.717, 1.165) is 9.87 Å². The summed E-state index contributed by atoms with van der Waals surface area (Å²) in [7, 11) is -0.581. The molecule has 0 aromatic heterocycles. The Labute approximate surface area is 182 Å². The van der Waals surface area contributed by atoms with Crippen molar-refractivity contribution in [3.63, 3.8) is 0 Å². The number of rotatable bonds is 9. The van der Waals surface area contributed by atoms with Crippen molar-refractivity contribution in [3.8, 4) is 11.5 Å². The third-order valence-electron chi connectivity index (χ3n) is 4.36. The number of amides is 1. The minimum Gasteiger partial charge on any atom is -0.489 e. The first kappa shape index (κ1) is 22.3. The second-order valence-corrected chi connectivity index (χ2v) is 9.05. The van der Waals surface area contributed by atoms with E-state index in [-0.39, 0.29) is 17.4 Å². The number of hydrogen-bond donors (Lipinski definition) is 1. The fraction of sp³-hybridized carbons (Fsp3) is 0.174. The first-order valence-electron chi connectivity index (χ1n) is 9.56. The quantitative estimate of drug-likeness (QED) is 0.550. The first-order chi connectivity index (χ1) is 14.8. The Morgan fingerprint density at radius 2 is 1.42 bits per heavy atom. The number of sulfonamides is 1. The molecule has 1 amide bonds. The zero-order valence-electron chi connectivity index (χ0n) is 17.3. The molecule has 0 atom stereocenters. The van der Waals surface area contributed by atoms with Gasteiger partial charge in [0.05, 0.1) is 4.90 Å². The Hall–Kier alpha value is -3.36. The van der Waals surface area contributed by atoms with Crippen molar-refractivity contribution >= 4 is 21.6 Å². The molecule has 0 bridgehead atoms. The van der Waals surface area contributed by atoms with Crippen LogP contribution < -0.4 is 14.8 Å². The van der Waals surface area contributed by atoms with Crippen LogP contribution in [-0.4, -0.2) is 39.3 Å². The fourth-order valence-electron chi connectivity index (χ4n) is 2.64. The van der Waals surface area contributed by atoms with Crippen LogP contribution in [0.4, 0.5) is 5.69 Å². The summed E-state index contributed by atoms with van der Waals surface area (Å²) in [5.74, 6) is 0.885. The Bertz CT molecular complexity index is 1100. The Kier molecular flexibility index (Phi) is 7.28. The number of nitrogens with zero attached hydrogens (tertiary/aromatic N) is 1. The van der Waals surface area contributed by atoms with E-state index in [1.165, 1.54) is 38.4 Å². The van der Waals surface area contributed by atoms with Gasteiger partial charge in [-0.1, -0.05) is 30.3 Å². The zero-order chi connectivity index (χ0) is 22.3. The van der Waals surface area contributed by atoms with Gasteiger partial charge in [0.25, 0.3) is 5.91 Å². The zero-order valence-corrected chi connectivity index (χ0v) is 18.1. The van der Waals surface area contributed by atoms with Crippen molar-refractivity contribution in [2.45, 2.75) is 11.5 Å². The van der Waals surface area contributed by atoms with Gasteiger partial charge in [-0.05, 0) is 54.1 Å². The summed E-state index contributed by atoms with van der Waals surface area (Å²) in [6.45, 7) is 0.292. The molecule has 0 spiro atoms. The smallest absolute Gasteiger partial charge is 0.262 e. The van der Waals surface area contributed by atoms with Crippen LogP contribution in [0, 0.1) is 0 Å². The molecule has 0 aliphatic heterocycles. The standard InChI is InChI=1S/C23H24N2O5S/c1-25(2)31(27,28)22-14-8-19(9-15-22)24-23(26)17-30-21-12-10-20(11-13-21)29-16-18-6-4-3-5-7-18/h3-15H,16-17H2,1-2H3,(H,24,26). The molecule has 0 unspecified atom stereocenters. The number of carbonyl (C=O) groups excluding carboxylic acids is 1. The lowest BCUT2D eigenvalue weighted by Gasteiger charge is -2.12. The van der Waals surface area contributed by atoms with Gasteiger partial charge in [0, 0.05) is 19.8 Å². The predicted molar refractivity (Wildman–Crippen MR) is 119 cm³/mol. The molecule has 0 saturated carbocycles. The van der Waals surface area contributed by atoms with Crippen LogP contribution in [0.25, 0.3) is 0 Å². The molecule has 7 nitrogen and oxygen atoms in total. The third-order valence-corrected chi connectivity index (χ3v) is 6.19. The van der Waals surface area contributed by atoms with Crippen molar-refractivity contribution in [1.29, 1.82) is 0 Å². The molecular weight excluding hydrogens is 416 g/mol. The number of hydrogen-bond acceptors (Lipinski definition) is 5. The van der Waals surface area contributed by atoms with Gasteiger partial charge in [0.1, 0.15) is 18.1 Å². The monoisotopic (exact) mass is 440 g/mol. The maximum Gasteiger partial charge on any atom is 0.262 e. The van der Waals surface area contributed by atoms with E-state index >= 15 is 0 Å². The SMILES string of the molecule is CN(C)S(=O)(=O)c1ccc(NC(=O)COc2ccc(OCc3ccccc3)cc2)cc1. The number of ether oxygens (including phenoxy) is 2. The van der Waals surface area contributed by atoms with Gasteiger partial charge in [-0.2, -0.15) is 0 Å². The van der Waals surface area contributed by atoms with E-state index in [4.69, 9.17) is 9.47 Å². The highest BCUT2D eigenvalue weighted by Crippen LogP contribution is 2.19. The molecule has 0 saturated heterocycles. The third kappa shape index (κ3) is 6.31. The van der Waals surface area contributed by atoms with Crippen LogP contribution in [0.2, 0.25) is 0 Å². The normalized spacial score (nSPS) is 11.2. The lowest BCUT2D eigenvalue weighted by atomic mass is 10.2. The predicted octanol–water partition coefficient (Wildman–Crippen LogP) is 3.53. The number of benzene rings is 3. The molecule has 3 aromatic carbocycles. The van der Waals surface area contributed by atoms with Gasteiger partial charge < -0.3 is 14.8 Å². The van der Waals surface area contributed by atoms with Crippen molar-refractivity contribution in [1.82, 2.24) is 4.31 Å². The summed E-state index contributed by atoms with van der Waals surface area (Å²) in [5.41, 5.74) is 1.56. The van der Waals surface area contributed by atoms with Crippen molar-refractivity contribution in [2.24, 2.45) is 0 Å². The summed E-state index contributed by atoms with van der Waals surface area (Å²) in [6.07, 6.45) is 0. The second-order valence-electron chi connectivity index (χ2n) is 6.89.